The van der Waals surface area contributed by atoms with E-state index in [4.69, 9.17) is 4.98 Å². The second kappa shape index (κ2) is 6.20. The average Bonchev–Trinajstić information content (AvgIpc) is 2.88. The van der Waals surface area contributed by atoms with Gasteiger partial charge in [0.2, 0.25) is 5.95 Å². The lowest BCUT2D eigenvalue weighted by Gasteiger charge is -2.35. The quantitative estimate of drug-likeness (QED) is 0.791. The van der Waals surface area contributed by atoms with Gasteiger partial charge in [0.1, 0.15) is 0 Å². The Kier molecular flexibility index (Phi) is 4.34. The lowest BCUT2D eigenvalue weighted by Crippen LogP contribution is -2.40. The molecule has 0 saturated carbocycles. The Morgan fingerprint density at radius 3 is 2.32 bits per heavy atom. The van der Waals surface area contributed by atoms with Crippen LogP contribution in [-0.4, -0.2) is 31.8 Å². The third-order valence-corrected chi connectivity index (χ3v) is 4.91. The SMILES string of the molecule is C=C(C)Cn1c(N2C[C@H](C)C[C@H](C)C2)nc2c1c(=O)n(C)c(=O)n2C. The number of hydrogen-bond acceptors (Lipinski definition) is 4. The number of aryl methyl sites for hydroxylation is 1. The molecule has 0 N–H and O–H groups in total. The van der Waals surface area contributed by atoms with Crippen molar-refractivity contribution in [3.63, 3.8) is 0 Å². The predicted octanol–water partition coefficient (Wildman–Crippen LogP) is 1.49. The molecule has 25 heavy (non-hydrogen) atoms. The molecule has 1 aliphatic heterocycles. The minimum Gasteiger partial charge on any atom is -0.342 e. The van der Waals surface area contributed by atoms with Gasteiger partial charge in [0.25, 0.3) is 5.56 Å². The van der Waals surface area contributed by atoms with Crippen molar-refractivity contribution in [2.75, 3.05) is 18.0 Å². The minimum absolute atomic E-state index is 0.309. The first-order valence-corrected chi connectivity index (χ1v) is 8.76. The zero-order chi connectivity index (χ0) is 18.5. The number of aromatic nitrogens is 4. The summed E-state index contributed by atoms with van der Waals surface area (Å²) in [6.45, 7) is 12.7. The molecule has 0 bridgehead atoms. The molecule has 0 aliphatic carbocycles. The molecule has 2 aromatic rings. The Labute approximate surface area is 147 Å². The van der Waals surface area contributed by atoms with Gasteiger partial charge in [0, 0.05) is 33.7 Å². The van der Waals surface area contributed by atoms with E-state index in [2.05, 4.69) is 25.3 Å². The van der Waals surface area contributed by atoms with Crippen LogP contribution in [0.2, 0.25) is 0 Å². The number of piperidine rings is 1. The molecule has 136 valence electrons. The molecule has 7 heteroatoms. The molecular weight excluding hydrogens is 318 g/mol. The maximum absolute atomic E-state index is 12.8. The van der Waals surface area contributed by atoms with Gasteiger partial charge in [-0.05, 0) is 25.2 Å². The molecule has 0 unspecified atom stereocenters. The van der Waals surface area contributed by atoms with E-state index in [1.807, 2.05) is 11.5 Å². The molecule has 0 radical (unpaired) electrons. The smallest absolute Gasteiger partial charge is 0.332 e. The van der Waals surface area contributed by atoms with Crippen molar-refractivity contribution in [3.8, 4) is 0 Å². The van der Waals surface area contributed by atoms with Crippen molar-refractivity contribution in [2.45, 2.75) is 33.7 Å². The van der Waals surface area contributed by atoms with Crippen LogP contribution in [0, 0.1) is 11.8 Å². The molecule has 1 aliphatic rings. The van der Waals surface area contributed by atoms with Crippen molar-refractivity contribution < 1.29 is 0 Å². The molecular formula is C18H27N5O2. The highest BCUT2D eigenvalue weighted by atomic mass is 16.2. The molecule has 3 heterocycles. The molecule has 0 amide bonds. The number of nitrogens with zero attached hydrogens (tertiary/aromatic N) is 5. The molecule has 3 rings (SSSR count). The summed E-state index contributed by atoms with van der Waals surface area (Å²) in [6, 6.07) is 0. The minimum atomic E-state index is -0.357. The van der Waals surface area contributed by atoms with E-state index >= 15 is 0 Å². The van der Waals surface area contributed by atoms with Gasteiger partial charge in [-0.25, -0.2) is 4.79 Å². The molecule has 2 aromatic heterocycles. The van der Waals surface area contributed by atoms with E-state index in [0.717, 1.165) is 29.2 Å². The zero-order valence-corrected chi connectivity index (χ0v) is 15.7. The zero-order valence-electron chi connectivity index (χ0n) is 15.7. The average molecular weight is 345 g/mol. The Morgan fingerprint density at radius 1 is 1.16 bits per heavy atom. The Hall–Kier alpha value is -2.31. The van der Waals surface area contributed by atoms with E-state index in [1.54, 1.807) is 7.05 Å². The second-order valence-corrected chi connectivity index (χ2v) is 7.68. The number of rotatable bonds is 3. The predicted molar refractivity (Wildman–Crippen MR) is 100 cm³/mol. The Morgan fingerprint density at radius 2 is 1.76 bits per heavy atom. The lowest BCUT2D eigenvalue weighted by atomic mass is 9.92. The third kappa shape index (κ3) is 2.92. The van der Waals surface area contributed by atoms with Gasteiger partial charge in [-0.2, -0.15) is 4.98 Å². The van der Waals surface area contributed by atoms with Crippen molar-refractivity contribution >= 4 is 17.1 Å². The lowest BCUT2D eigenvalue weighted by molar-refractivity contribution is 0.352. The molecule has 0 spiro atoms. The number of imidazole rings is 1. The van der Waals surface area contributed by atoms with Crippen LogP contribution in [0.15, 0.2) is 21.7 Å². The summed E-state index contributed by atoms with van der Waals surface area (Å²) in [5.74, 6) is 1.89. The summed E-state index contributed by atoms with van der Waals surface area (Å²) in [6.07, 6.45) is 1.19. The number of allylic oxidation sites excluding steroid dienone is 1. The van der Waals surface area contributed by atoms with Crippen molar-refractivity contribution in [1.29, 1.82) is 0 Å². The maximum atomic E-state index is 12.8. The molecule has 7 nitrogen and oxygen atoms in total. The van der Waals surface area contributed by atoms with Gasteiger partial charge in [-0.1, -0.05) is 26.0 Å². The summed E-state index contributed by atoms with van der Waals surface area (Å²) < 4.78 is 4.51. The summed E-state index contributed by atoms with van der Waals surface area (Å²) in [7, 11) is 3.17. The van der Waals surface area contributed by atoms with Crippen LogP contribution in [0.1, 0.15) is 27.2 Å². The summed E-state index contributed by atoms with van der Waals surface area (Å²) in [5, 5.41) is 0. The number of anilines is 1. The maximum Gasteiger partial charge on any atom is 0.332 e. The van der Waals surface area contributed by atoms with Gasteiger partial charge in [-0.3, -0.25) is 13.9 Å². The molecule has 1 fully saturated rings. The Balaban J connectivity index is 2.30. The van der Waals surface area contributed by atoms with Crippen LogP contribution >= 0.6 is 0 Å². The van der Waals surface area contributed by atoms with Crippen LogP contribution in [0.25, 0.3) is 11.2 Å². The standard InChI is InChI=1S/C18H27N5O2/c1-11(2)8-23-14-15(20(5)18(25)21(6)16(14)24)19-17(23)22-9-12(3)7-13(4)10-22/h12-13H,1,7-10H2,2-6H3/t12-,13+. The fourth-order valence-corrected chi connectivity index (χ4v) is 3.92. The van der Waals surface area contributed by atoms with Crippen LogP contribution in [0.4, 0.5) is 5.95 Å². The summed E-state index contributed by atoms with van der Waals surface area (Å²) >= 11 is 0. The van der Waals surface area contributed by atoms with E-state index in [-0.39, 0.29) is 11.2 Å². The van der Waals surface area contributed by atoms with Gasteiger partial charge >= 0.3 is 5.69 Å². The molecule has 1 saturated heterocycles. The second-order valence-electron chi connectivity index (χ2n) is 7.68. The summed E-state index contributed by atoms with van der Waals surface area (Å²) in [4.78, 5) is 32.0. The highest BCUT2D eigenvalue weighted by Crippen LogP contribution is 2.28. The highest BCUT2D eigenvalue weighted by Gasteiger charge is 2.28. The van der Waals surface area contributed by atoms with Crippen LogP contribution < -0.4 is 16.1 Å². The van der Waals surface area contributed by atoms with Crippen LogP contribution in [0.5, 0.6) is 0 Å². The monoisotopic (exact) mass is 345 g/mol. The normalized spacial score (nSPS) is 21.1. The molecule has 2 atom stereocenters. The largest absolute Gasteiger partial charge is 0.342 e. The van der Waals surface area contributed by atoms with Crippen molar-refractivity contribution in [1.82, 2.24) is 18.7 Å². The van der Waals surface area contributed by atoms with Crippen LogP contribution in [0.3, 0.4) is 0 Å². The first kappa shape index (κ1) is 17.5. The fraction of sp³-hybridized carbons (Fsp3) is 0.611. The van der Waals surface area contributed by atoms with Crippen molar-refractivity contribution in [2.24, 2.45) is 25.9 Å². The topological polar surface area (TPSA) is 65.1 Å². The van der Waals surface area contributed by atoms with Gasteiger partial charge in [-0.15, -0.1) is 0 Å². The van der Waals surface area contributed by atoms with Gasteiger partial charge < -0.3 is 9.47 Å². The van der Waals surface area contributed by atoms with E-state index in [1.165, 1.54) is 18.0 Å². The third-order valence-electron chi connectivity index (χ3n) is 4.91. The first-order valence-electron chi connectivity index (χ1n) is 8.76. The molecule has 0 aromatic carbocycles. The van der Waals surface area contributed by atoms with Gasteiger partial charge in [0.05, 0.1) is 0 Å². The summed E-state index contributed by atoms with van der Waals surface area (Å²) in [5.41, 5.74) is 1.18. The van der Waals surface area contributed by atoms with E-state index < -0.39 is 0 Å². The highest BCUT2D eigenvalue weighted by molar-refractivity contribution is 5.74. The fourth-order valence-electron chi connectivity index (χ4n) is 3.92. The Bertz CT molecular complexity index is 939. The van der Waals surface area contributed by atoms with Crippen LogP contribution in [-0.2, 0) is 20.6 Å². The number of hydrogen-bond donors (Lipinski definition) is 0. The number of fused-ring (bicyclic) bond motifs is 1. The van der Waals surface area contributed by atoms with E-state index in [9.17, 15) is 9.59 Å². The first-order chi connectivity index (χ1) is 11.7. The van der Waals surface area contributed by atoms with Gasteiger partial charge in [0.15, 0.2) is 11.2 Å². The van der Waals surface area contributed by atoms with Crippen molar-refractivity contribution in [3.05, 3.63) is 33.0 Å². The van der Waals surface area contributed by atoms with E-state index in [0.29, 0.717) is 29.5 Å².